The van der Waals surface area contributed by atoms with Crippen LogP contribution in [0, 0.1) is 6.92 Å². The molecule has 0 saturated carbocycles. The van der Waals surface area contributed by atoms with Gasteiger partial charge in [0, 0.05) is 4.47 Å². The van der Waals surface area contributed by atoms with Crippen molar-refractivity contribution >= 4 is 15.9 Å². The highest BCUT2D eigenvalue weighted by Crippen LogP contribution is 2.32. The predicted octanol–water partition coefficient (Wildman–Crippen LogP) is 5.34. The van der Waals surface area contributed by atoms with E-state index in [1.165, 1.54) is 5.56 Å². The molecule has 0 radical (unpaired) electrons. The third-order valence-corrected chi connectivity index (χ3v) is 4.20. The Morgan fingerprint density at radius 3 is 2.33 bits per heavy atom. The topological polar surface area (TPSA) is 29.5 Å². The van der Waals surface area contributed by atoms with Gasteiger partial charge in [-0.2, -0.15) is 0 Å². The third-order valence-electron chi connectivity index (χ3n) is 3.46. The number of aliphatic hydroxyl groups excluding tert-OH is 1. The van der Waals surface area contributed by atoms with E-state index >= 15 is 0 Å². The summed E-state index contributed by atoms with van der Waals surface area (Å²) in [6.45, 7) is 8.68. The second-order valence-corrected chi connectivity index (χ2v) is 7.10. The van der Waals surface area contributed by atoms with Crippen LogP contribution in [-0.2, 0) is 12.0 Å². The van der Waals surface area contributed by atoms with E-state index in [4.69, 9.17) is 4.74 Å². The van der Waals surface area contributed by atoms with Gasteiger partial charge in [0.25, 0.3) is 0 Å². The summed E-state index contributed by atoms with van der Waals surface area (Å²) in [6.07, 6.45) is 0. The fraction of sp³-hybridized carbons (Fsp3) is 0.333. The van der Waals surface area contributed by atoms with Crippen molar-refractivity contribution in [2.75, 3.05) is 0 Å². The molecule has 21 heavy (non-hydrogen) atoms. The maximum absolute atomic E-state index is 9.18. The Bertz CT molecular complexity index is 642. The Kier molecular flexibility index (Phi) is 4.74. The molecule has 0 saturated heterocycles. The number of aliphatic hydroxyl groups is 1. The lowest BCUT2D eigenvalue weighted by Gasteiger charge is -2.20. The van der Waals surface area contributed by atoms with Crippen molar-refractivity contribution < 1.29 is 9.84 Å². The van der Waals surface area contributed by atoms with Crippen LogP contribution in [0.4, 0.5) is 0 Å². The molecule has 0 fully saturated rings. The van der Waals surface area contributed by atoms with Crippen molar-refractivity contribution in [3.63, 3.8) is 0 Å². The molecule has 0 unspecified atom stereocenters. The summed E-state index contributed by atoms with van der Waals surface area (Å²) < 4.78 is 6.80. The molecule has 0 aliphatic rings. The Labute approximate surface area is 134 Å². The molecular formula is C18H21BrO2. The first kappa shape index (κ1) is 16.1. The van der Waals surface area contributed by atoms with E-state index in [0.29, 0.717) is 0 Å². The monoisotopic (exact) mass is 348 g/mol. The van der Waals surface area contributed by atoms with Gasteiger partial charge in [0.2, 0.25) is 0 Å². The molecule has 0 amide bonds. The first-order chi connectivity index (χ1) is 9.81. The summed E-state index contributed by atoms with van der Waals surface area (Å²) in [5.74, 6) is 1.61. The van der Waals surface area contributed by atoms with Crippen molar-refractivity contribution in [1.29, 1.82) is 0 Å². The zero-order chi connectivity index (χ0) is 15.6. The molecule has 0 aliphatic carbocycles. The first-order valence-corrected chi connectivity index (χ1v) is 7.79. The molecule has 1 N–H and O–H groups in total. The molecule has 0 atom stereocenters. The van der Waals surface area contributed by atoms with Crippen LogP contribution in [0.2, 0.25) is 0 Å². The zero-order valence-corrected chi connectivity index (χ0v) is 14.5. The second kappa shape index (κ2) is 6.20. The van der Waals surface area contributed by atoms with Gasteiger partial charge < -0.3 is 9.84 Å². The molecule has 2 aromatic rings. The second-order valence-electron chi connectivity index (χ2n) is 6.24. The minimum Gasteiger partial charge on any atom is -0.457 e. The van der Waals surface area contributed by atoms with Crippen LogP contribution in [0.25, 0.3) is 0 Å². The highest BCUT2D eigenvalue weighted by Gasteiger charge is 2.15. The number of hydrogen-bond donors (Lipinski definition) is 1. The first-order valence-electron chi connectivity index (χ1n) is 6.99. The lowest BCUT2D eigenvalue weighted by molar-refractivity contribution is 0.281. The lowest BCUT2D eigenvalue weighted by atomic mass is 9.86. The van der Waals surface area contributed by atoms with E-state index in [1.807, 2.05) is 24.3 Å². The summed E-state index contributed by atoms with van der Waals surface area (Å²) >= 11 is 3.44. The number of halogens is 1. The molecule has 2 aromatic carbocycles. The van der Waals surface area contributed by atoms with E-state index in [2.05, 4.69) is 55.8 Å². The van der Waals surface area contributed by atoms with Crippen molar-refractivity contribution in [2.24, 2.45) is 0 Å². The fourth-order valence-electron chi connectivity index (χ4n) is 2.08. The highest BCUT2D eigenvalue weighted by molar-refractivity contribution is 9.10. The maximum atomic E-state index is 9.18. The quantitative estimate of drug-likeness (QED) is 0.811. The molecule has 3 heteroatoms. The van der Waals surface area contributed by atoms with Gasteiger partial charge in [-0.05, 0) is 47.2 Å². The van der Waals surface area contributed by atoms with Crippen LogP contribution in [0.3, 0.4) is 0 Å². The van der Waals surface area contributed by atoms with Gasteiger partial charge in [0.15, 0.2) is 0 Å². The number of rotatable bonds is 3. The van der Waals surface area contributed by atoms with Crippen molar-refractivity contribution in [2.45, 2.75) is 39.7 Å². The van der Waals surface area contributed by atoms with Crippen LogP contribution in [0.1, 0.15) is 37.5 Å². The Morgan fingerprint density at radius 2 is 1.81 bits per heavy atom. The van der Waals surface area contributed by atoms with Gasteiger partial charge in [-0.1, -0.05) is 54.9 Å². The van der Waals surface area contributed by atoms with Gasteiger partial charge in [-0.15, -0.1) is 0 Å². The van der Waals surface area contributed by atoms with Gasteiger partial charge in [0.05, 0.1) is 6.61 Å². The third kappa shape index (κ3) is 3.86. The standard InChI is InChI=1S/C18H21BrO2/c1-12-9-14(18(2,3)4)6-8-17(12)21-15-7-5-13(11-20)16(19)10-15/h5-10,20H,11H2,1-4H3. The minimum absolute atomic E-state index is 0.0141. The zero-order valence-electron chi connectivity index (χ0n) is 12.9. The molecular weight excluding hydrogens is 328 g/mol. The van der Waals surface area contributed by atoms with Crippen molar-refractivity contribution in [3.05, 3.63) is 57.6 Å². The molecule has 0 spiro atoms. The average molecular weight is 349 g/mol. The van der Waals surface area contributed by atoms with Crippen molar-refractivity contribution in [3.8, 4) is 11.5 Å². The number of hydrogen-bond acceptors (Lipinski definition) is 2. The Hall–Kier alpha value is -1.32. The van der Waals surface area contributed by atoms with E-state index < -0.39 is 0 Å². The van der Waals surface area contributed by atoms with Crippen LogP contribution >= 0.6 is 15.9 Å². The average Bonchev–Trinajstić information content (AvgIpc) is 2.40. The molecule has 2 nitrogen and oxygen atoms in total. The predicted molar refractivity (Wildman–Crippen MR) is 90.0 cm³/mol. The summed E-state index contributed by atoms with van der Waals surface area (Å²) in [5, 5.41) is 9.18. The number of benzene rings is 2. The molecule has 0 heterocycles. The van der Waals surface area contributed by atoms with E-state index in [1.54, 1.807) is 0 Å². The minimum atomic E-state index is 0.0141. The normalized spacial score (nSPS) is 11.5. The lowest BCUT2D eigenvalue weighted by Crippen LogP contribution is -2.11. The molecule has 0 bridgehead atoms. The van der Waals surface area contributed by atoms with E-state index in [9.17, 15) is 5.11 Å². The van der Waals surface area contributed by atoms with Crippen LogP contribution in [-0.4, -0.2) is 5.11 Å². The Morgan fingerprint density at radius 1 is 1.10 bits per heavy atom. The molecule has 2 rings (SSSR count). The molecule has 0 aliphatic heterocycles. The number of ether oxygens (including phenoxy) is 1. The van der Waals surface area contributed by atoms with Crippen LogP contribution in [0.5, 0.6) is 11.5 Å². The largest absolute Gasteiger partial charge is 0.457 e. The van der Waals surface area contributed by atoms with Crippen molar-refractivity contribution in [1.82, 2.24) is 0 Å². The summed E-state index contributed by atoms with van der Waals surface area (Å²) in [5.41, 5.74) is 3.39. The molecule has 0 aromatic heterocycles. The molecule has 112 valence electrons. The van der Waals surface area contributed by atoms with Gasteiger partial charge >= 0.3 is 0 Å². The number of aryl methyl sites for hydroxylation is 1. The van der Waals surface area contributed by atoms with Crippen LogP contribution < -0.4 is 4.74 Å². The van der Waals surface area contributed by atoms with Gasteiger partial charge in [-0.3, -0.25) is 0 Å². The summed E-state index contributed by atoms with van der Waals surface area (Å²) in [4.78, 5) is 0. The van der Waals surface area contributed by atoms with Gasteiger partial charge in [0.1, 0.15) is 11.5 Å². The van der Waals surface area contributed by atoms with E-state index in [0.717, 1.165) is 27.1 Å². The Balaban J connectivity index is 2.26. The fourth-order valence-corrected chi connectivity index (χ4v) is 2.56. The smallest absolute Gasteiger partial charge is 0.130 e. The highest BCUT2D eigenvalue weighted by atomic mass is 79.9. The summed E-state index contributed by atoms with van der Waals surface area (Å²) in [6, 6.07) is 11.9. The summed E-state index contributed by atoms with van der Waals surface area (Å²) in [7, 11) is 0. The van der Waals surface area contributed by atoms with E-state index in [-0.39, 0.29) is 12.0 Å². The SMILES string of the molecule is Cc1cc(C(C)(C)C)ccc1Oc1ccc(CO)c(Br)c1. The van der Waals surface area contributed by atoms with Crippen LogP contribution in [0.15, 0.2) is 40.9 Å². The maximum Gasteiger partial charge on any atom is 0.130 e. The van der Waals surface area contributed by atoms with Gasteiger partial charge in [-0.25, -0.2) is 0 Å².